The van der Waals surface area contributed by atoms with Gasteiger partial charge in [0.1, 0.15) is 11.6 Å². The van der Waals surface area contributed by atoms with Crippen molar-refractivity contribution in [3.8, 4) is 17.4 Å². The molecule has 5 N–H and O–H groups in total. The number of pyridine rings is 1. The molecule has 1 aromatic heterocycles. The van der Waals surface area contributed by atoms with Crippen LogP contribution in [0.1, 0.15) is 45.9 Å². The summed E-state index contributed by atoms with van der Waals surface area (Å²) in [5.74, 6) is -4.96. The standard InChI is InChI=1S/C27H33FN4O3.2C2HF3O2/c1-6-33-22-14-23(26(28)24(15-22)34-17(2)3)32(21-12-10-19(11-13-21)27(29)30)16-20-8-7-9-25(31-20)35-18(4)5;2*3-2(4,5)1(6)7/h7-15,17-18H,6,16H2,1-5H3,(H3,29,30);2*(H,6,7). The number of aromatic nitrogens is 1. The first kappa shape index (κ1) is 41.7. The zero-order chi connectivity index (χ0) is 37.7. The molecule has 0 saturated heterocycles. The Morgan fingerprint density at radius 2 is 1.41 bits per heavy atom. The Balaban J connectivity index is 0.000000717. The third-order valence-corrected chi connectivity index (χ3v) is 5.39. The van der Waals surface area contributed by atoms with Crippen LogP contribution in [0.3, 0.4) is 0 Å². The summed E-state index contributed by atoms with van der Waals surface area (Å²) in [4.78, 5) is 24.2. The number of amidine groups is 1. The fourth-order valence-electron chi connectivity index (χ4n) is 3.50. The van der Waals surface area contributed by atoms with Crippen molar-refractivity contribution in [2.24, 2.45) is 5.73 Å². The van der Waals surface area contributed by atoms with Crippen molar-refractivity contribution < 1.29 is 64.7 Å². The smallest absolute Gasteiger partial charge is 0.490 e. The van der Waals surface area contributed by atoms with Crippen LogP contribution in [0.5, 0.6) is 17.4 Å². The Morgan fingerprint density at radius 3 is 1.84 bits per heavy atom. The van der Waals surface area contributed by atoms with E-state index in [0.717, 1.165) is 0 Å². The number of ether oxygens (including phenoxy) is 3. The van der Waals surface area contributed by atoms with Crippen molar-refractivity contribution in [2.75, 3.05) is 11.5 Å². The molecule has 3 aromatic rings. The Morgan fingerprint density at radius 1 is 0.898 bits per heavy atom. The number of carboxylic acid groups (broad SMARTS) is 2. The van der Waals surface area contributed by atoms with E-state index < -0.39 is 30.1 Å². The van der Waals surface area contributed by atoms with Gasteiger partial charge in [-0.05, 0) is 65.0 Å². The second kappa shape index (κ2) is 18.3. The van der Waals surface area contributed by atoms with Gasteiger partial charge < -0.3 is 35.1 Å². The third-order valence-electron chi connectivity index (χ3n) is 5.39. The summed E-state index contributed by atoms with van der Waals surface area (Å²) in [6.07, 6.45) is -10.4. The van der Waals surface area contributed by atoms with E-state index in [1.54, 1.807) is 47.4 Å². The molecule has 0 fully saturated rings. The van der Waals surface area contributed by atoms with Gasteiger partial charge in [-0.2, -0.15) is 26.3 Å². The van der Waals surface area contributed by atoms with Crippen LogP contribution in [0, 0.1) is 11.2 Å². The molecule has 3 rings (SSSR count). The second-order valence-corrected chi connectivity index (χ2v) is 10.1. The zero-order valence-corrected chi connectivity index (χ0v) is 26.8. The molecule has 0 atom stereocenters. The first-order valence-corrected chi connectivity index (χ1v) is 14.1. The Bertz CT molecular complexity index is 1520. The minimum atomic E-state index is -5.08. The SMILES string of the molecule is CCOc1cc(OC(C)C)c(F)c(N(Cc2cccc(OC(C)C)n2)c2ccc(C(=N)N)cc2)c1.O=C(O)C(F)(F)F.O=C(O)C(F)(F)F. The number of benzene rings is 2. The van der Waals surface area contributed by atoms with Gasteiger partial charge in [0.05, 0.1) is 36.7 Å². The monoisotopic (exact) mass is 708 g/mol. The highest BCUT2D eigenvalue weighted by molar-refractivity contribution is 5.95. The van der Waals surface area contributed by atoms with Crippen LogP contribution in [0.2, 0.25) is 0 Å². The lowest BCUT2D eigenvalue weighted by Crippen LogP contribution is -2.21. The predicted molar refractivity (Wildman–Crippen MR) is 164 cm³/mol. The normalized spacial score (nSPS) is 11.1. The number of halogens is 7. The van der Waals surface area contributed by atoms with Crippen LogP contribution < -0.4 is 24.8 Å². The van der Waals surface area contributed by atoms with Gasteiger partial charge >= 0.3 is 24.3 Å². The van der Waals surface area contributed by atoms with E-state index in [9.17, 15) is 26.3 Å². The number of nitrogens with one attached hydrogen (secondary N) is 1. The zero-order valence-electron chi connectivity index (χ0n) is 26.8. The van der Waals surface area contributed by atoms with Gasteiger partial charge in [-0.15, -0.1) is 0 Å². The van der Waals surface area contributed by atoms with E-state index >= 15 is 4.39 Å². The van der Waals surface area contributed by atoms with E-state index in [1.165, 1.54) is 0 Å². The number of carboxylic acids is 2. The number of anilines is 2. The average Bonchev–Trinajstić information content (AvgIpc) is 2.97. The third kappa shape index (κ3) is 14.6. The van der Waals surface area contributed by atoms with Crippen molar-refractivity contribution in [3.63, 3.8) is 0 Å². The van der Waals surface area contributed by atoms with E-state index in [0.29, 0.717) is 35.2 Å². The maximum atomic E-state index is 15.8. The fraction of sp³-hybridized carbons (Fsp3) is 0.355. The van der Waals surface area contributed by atoms with Crippen LogP contribution >= 0.6 is 0 Å². The lowest BCUT2D eigenvalue weighted by molar-refractivity contribution is -0.193. The average molecular weight is 709 g/mol. The van der Waals surface area contributed by atoms with E-state index in [-0.39, 0.29) is 36.0 Å². The molecular formula is C31H35F7N4O7. The molecule has 1 heterocycles. The maximum absolute atomic E-state index is 15.8. The number of aliphatic carboxylic acids is 2. The number of alkyl halides is 6. The molecule has 2 aromatic carbocycles. The highest BCUT2D eigenvalue weighted by Crippen LogP contribution is 2.38. The Labute approximate surface area is 276 Å². The highest BCUT2D eigenvalue weighted by Gasteiger charge is 2.38. The molecule has 270 valence electrons. The summed E-state index contributed by atoms with van der Waals surface area (Å²) in [6.45, 7) is 10.1. The first-order chi connectivity index (χ1) is 22.6. The lowest BCUT2D eigenvalue weighted by Gasteiger charge is -2.27. The topological polar surface area (TPSA) is 168 Å². The van der Waals surface area contributed by atoms with Crippen LogP contribution in [-0.2, 0) is 16.1 Å². The quantitative estimate of drug-likeness (QED) is 0.0918. The van der Waals surface area contributed by atoms with Crippen molar-refractivity contribution in [3.05, 3.63) is 71.7 Å². The number of nitrogens with zero attached hydrogens (tertiary/aromatic N) is 2. The first-order valence-electron chi connectivity index (χ1n) is 14.1. The predicted octanol–water partition coefficient (Wildman–Crippen LogP) is 7.08. The second-order valence-electron chi connectivity index (χ2n) is 10.1. The van der Waals surface area contributed by atoms with E-state index in [1.807, 2.05) is 46.8 Å². The maximum Gasteiger partial charge on any atom is 0.490 e. The molecule has 49 heavy (non-hydrogen) atoms. The number of rotatable bonds is 11. The summed E-state index contributed by atoms with van der Waals surface area (Å²) in [7, 11) is 0. The molecule has 0 aliphatic heterocycles. The molecule has 0 radical (unpaired) electrons. The van der Waals surface area contributed by atoms with Crippen LogP contribution in [0.4, 0.5) is 42.1 Å². The van der Waals surface area contributed by atoms with Crippen molar-refractivity contribution in [1.82, 2.24) is 4.98 Å². The van der Waals surface area contributed by atoms with Gasteiger partial charge in [0.25, 0.3) is 0 Å². The number of nitrogens with two attached hydrogens (primary N) is 1. The Hall–Kier alpha value is -5.29. The Kier molecular flexibility index (Phi) is 15.6. The molecule has 0 aliphatic carbocycles. The molecular weight excluding hydrogens is 673 g/mol. The van der Waals surface area contributed by atoms with Crippen LogP contribution in [-0.4, -0.2) is 64.1 Å². The van der Waals surface area contributed by atoms with Gasteiger partial charge in [-0.1, -0.05) is 6.07 Å². The summed E-state index contributed by atoms with van der Waals surface area (Å²) < 4.78 is 96.5. The molecule has 0 amide bonds. The van der Waals surface area contributed by atoms with Gasteiger partial charge in [-0.25, -0.2) is 19.0 Å². The van der Waals surface area contributed by atoms with Crippen molar-refractivity contribution in [1.29, 1.82) is 5.41 Å². The highest BCUT2D eigenvalue weighted by atomic mass is 19.4. The minimum absolute atomic E-state index is 0.0240. The molecule has 11 nitrogen and oxygen atoms in total. The van der Waals surface area contributed by atoms with Crippen molar-refractivity contribution >= 4 is 29.1 Å². The molecule has 0 bridgehead atoms. The minimum Gasteiger partial charge on any atom is -0.494 e. The fourth-order valence-corrected chi connectivity index (χ4v) is 3.50. The van der Waals surface area contributed by atoms with Gasteiger partial charge in [0, 0.05) is 29.4 Å². The summed E-state index contributed by atoms with van der Waals surface area (Å²) in [6, 6.07) is 15.8. The summed E-state index contributed by atoms with van der Waals surface area (Å²) in [5.41, 5.74) is 7.86. The molecule has 0 spiro atoms. The number of hydrogen-bond acceptors (Lipinski definition) is 8. The largest absolute Gasteiger partial charge is 0.494 e. The van der Waals surface area contributed by atoms with Crippen LogP contribution in [0.15, 0.2) is 54.6 Å². The lowest BCUT2D eigenvalue weighted by atomic mass is 10.1. The van der Waals surface area contributed by atoms with Gasteiger partial charge in [0.15, 0.2) is 11.6 Å². The summed E-state index contributed by atoms with van der Waals surface area (Å²) in [5, 5.41) is 21.9. The molecule has 0 unspecified atom stereocenters. The van der Waals surface area contributed by atoms with Crippen LogP contribution in [0.25, 0.3) is 0 Å². The molecule has 0 saturated carbocycles. The van der Waals surface area contributed by atoms with Gasteiger partial charge in [-0.3, -0.25) is 5.41 Å². The van der Waals surface area contributed by atoms with Crippen molar-refractivity contribution in [2.45, 2.75) is 65.7 Å². The van der Waals surface area contributed by atoms with E-state index in [4.69, 9.17) is 45.2 Å². The summed E-state index contributed by atoms with van der Waals surface area (Å²) >= 11 is 0. The van der Waals surface area contributed by atoms with Gasteiger partial charge in [0.2, 0.25) is 5.88 Å². The number of nitrogen functional groups attached to an aromatic ring is 1. The number of hydrogen-bond donors (Lipinski definition) is 4. The molecule has 0 aliphatic rings. The molecule has 18 heteroatoms. The number of carbonyl (C=O) groups is 2. The van der Waals surface area contributed by atoms with E-state index in [2.05, 4.69) is 4.98 Å².